The molecular weight excluding hydrogens is 570 g/mol. The lowest BCUT2D eigenvalue weighted by atomic mass is 10.0. The van der Waals surface area contributed by atoms with Crippen LogP contribution in [0.1, 0.15) is 23.6 Å². The highest BCUT2D eigenvalue weighted by Crippen LogP contribution is 2.38. The lowest BCUT2D eigenvalue weighted by Crippen LogP contribution is -2.25. The van der Waals surface area contributed by atoms with Crippen LogP contribution in [0, 0.1) is 58.4 Å². The first-order chi connectivity index (χ1) is 19.3. The molecule has 0 aromatic heterocycles. The first-order valence-corrected chi connectivity index (χ1v) is 11.5. The van der Waals surface area contributed by atoms with Gasteiger partial charge in [0.2, 0.25) is 0 Å². The van der Waals surface area contributed by atoms with Gasteiger partial charge in [-0.3, -0.25) is 0 Å². The van der Waals surface area contributed by atoms with Gasteiger partial charge < -0.3 is 9.47 Å². The Morgan fingerprint density at radius 2 is 1.20 bits per heavy atom. The Labute approximate surface area is 225 Å². The summed E-state index contributed by atoms with van der Waals surface area (Å²) in [6, 6.07) is 5.59. The Morgan fingerprint density at radius 1 is 0.634 bits per heavy atom. The van der Waals surface area contributed by atoms with Crippen LogP contribution < -0.4 is 9.47 Å². The van der Waals surface area contributed by atoms with Crippen molar-refractivity contribution in [2.45, 2.75) is 13.0 Å². The molecule has 2 nitrogen and oxygen atoms in total. The number of halogens is 10. The average Bonchev–Trinajstić information content (AvgIpc) is 2.86. The van der Waals surface area contributed by atoms with Gasteiger partial charge in [0, 0.05) is 29.3 Å². The fourth-order valence-corrected chi connectivity index (χ4v) is 3.68. The highest BCUT2D eigenvalue weighted by molar-refractivity contribution is 5.66. The molecule has 0 unspecified atom stereocenters. The predicted octanol–water partition coefficient (Wildman–Crippen LogP) is 8.39. The summed E-state index contributed by atoms with van der Waals surface area (Å²) in [7, 11) is 0. The molecule has 0 fully saturated rings. The topological polar surface area (TPSA) is 18.5 Å². The zero-order valence-electron chi connectivity index (χ0n) is 20.5. The lowest BCUT2D eigenvalue weighted by Gasteiger charge is -2.20. The van der Waals surface area contributed by atoms with Crippen LogP contribution in [0.2, 0.25) is 0 Å². The van der Waals surface area contributed by atoms with Crippen molar-refractivity contribution in [2.24, 2.45) is 0 Å². The highest BCUT2D eigenvalue weighted by atomic mass is 19.3. The number of hydrogen-bond donors (Lipinski definition) is 0. The second-order valence-electron chi connectivity index (χ2n) is 8.27. The molecule has 0 aliphatic rings. The van der Waals surface area contributed by atoms with Crippen molar-refractivity contribution in [3.8, 4) is 34.5 Å². The fraction of sp³-hybridized carbons (Fsp3) is 0.103. The van der Waals surface area contributed by atoms with Crippen molar-refractivity contribution in [3.05, 3.63) is 118 Å². The number of rotatable bonds is 6. The van der Waals surface area contributed by atoms with Crippen LogP contribution >= 0.6 is 0 Å². The number of ether oxygens (including phenoxy) is 2. The maximum atomic E-state index is 14.8. The van der Waals surface area contributed by atoms with E-state index in [4.69, 9.17) is 4.74 Å². The zero-order chi connectivity index (χ0) is 30.1. The Hall–Kier alpha value is -4.66. The normalized spacial score (nSPS) is 11.2. The van der Waals surface area contributed by atoms with Crippen LogP contribution in [0.15, 0.2) is 54.6 Å². The van der Waals surface area contributed by atoms with Gasteiger partial charge >= 0.3 is 6.11 Å². The minimum Gasteiger partial charge on any atom is -0.494 e. The molecule has 0 heterocycles. The summed E-state index contributed by atoms with van der Waals surface area (Å²) in [5, 5.41) is 0. The Morgan fingerprint density at radius 3 is 1.73 bits per heavy atom. The van der Waals surface area contributed by atoms with Crippen molar-refractivity contribution < 1.29 is 53.4 Å². The van der Waals surface area contributed by atoms with E-state index in [1.165, 1.54) is 6.07 Å². The molecule has 212 valence electrons. The summed E-state index contributed by atoms with van der Waals surface area (Å²) in [5.41, 5.74) is -4.20. The van der Waals surface area contributed by atoms with Crippen molar-refractivity contribution in [3.63, 3.8) is 0 Å². The summed E-state index contributed by atoms with van der Waals surface area (Å²) in [4.78, 5) is 0. The van der Waals surface area contributed by atoms with E-state index in [1.54, 1.807) is 6.92 Å². The van der Waals surface area contributed by atoms with Gasteiger partial charge in [-0.05, 0) is 48.9 Å². The second-order valence-corrected chi connectivity index (χ2v) is 8.27. The molecule has 0 saturated heterocycles. The summed E-state index contributed by atoms with van der Waals surface area (Å²) in [6.45, 7) is 1.86. The smallest absolute Gasteiger partial charge is 0.432 e. The maximum Gasteiger partial charge on any atom is 0.432 e. The molecule has 4 aromatic rings. The second kappa shape index (κ2) is 11.4. The Bertz CT molecular complexity index is 1640. The van der Waals surface area contributed by atoms with Crippen molar-refractivity contribution >= 4 is 0 Å². The van der Waals surface area contributed by atoms with E-state index < -0.39 is 80.6 Å². The molecule has 4 rings (SSSR count). The highest BCUT2D eigenvalue weighted by Gasteiger charge is 2.41. The minimum absolute atomic E-state index is 0.126. The van der Waals surface area contributed by atoms with Gasteiger partial charge in [0.05, 0.1) is 12.2 Å². The van der Waals surface area contributed by atoms with Crippen molar-refractivity contribution in [1.82, 2.24) is 0 Å². The first-order valence-electron chi connectivity index (χ1n) is 11.5. The van der Waals surface area contributed by atoms with Gasteiger partial charge in [0.1, 0.15) is 46.1 Å². The molecule has 0 spiro atoms. The van der Waals surface area contributed by atoms with Gasteiger partial charge in [-0.15, -0.1) is 0 Å². The Balaban J connectivity index is 1.62. The summed E-state index contributed by atoms with van der Waals surface area (Å²) >= 11 is 0. The third kappa shape index (κ3) is 6.24. The minimum atomic E-state index is -4.81. The maximum absolute atomic E-state index is 14.8. The van der Waals surface area contributed by atoms with E-state index in [9.17, 15) is 43.9 Å². The molecular formula is C29H14F10O2. The largest absolute Gasteiger partial charge is 0.494 e. The van der Waals surface area contributed by atoms with Gasteiger partial charge in [-0.2, -0.15) is 8.78 Å². The van der Waals surface area contributed by atoms with E-state index in [1.807, 2.05) is 11.8 Å². The van der Waals surface area contributed by atoms with Crippen molar-refractivity contribution in [2.75, 3.05) is 6.61 Å². The lowest BCUT2D eigenvalue weighted by molar-refractivity contribution is -0.189. The quantitative estimate of drug-likeness (QED) is 0.129. The van der Waals surface area contributed by atoms with Crippen LogP contribution in [0.4, 0.5) is 43.9 Å². The van der Waals surface area contributed by atoms with E-state index in [2.05, 4.69) is 4.74 Å². The summed E-state index contributed by atoms with van der Waals surface area (Å²) in [5.74, 6) is -10.00. The predicted molar refractivity (Wildman–Crippen MR) is 126 cm³/mol. The van der Waals surface area contributed by atoms with Crippen molar-refractivity contribution in [1.29, 1.82) is 0 Å². The monoisotopic (exact) mass is 584 g/mol. The molecule has 0 amide bonds. The van der Waals surface area contributed by atoms with Crippen LogP contribution in [0.5, 0.6) is 11.5 Å². The molecule has 0 aliphatic heterocycles. The third-order valence-electron chi connectivity index (χ3n) is 5.47. The molecule has 12 heteroatoms. The van der Waals surface area contributed by atoms with Gasteiger partial charge in [0.15, 0.2) is 17.5 Å². The zero-order valence-corrected chi connectivity index (χ0v) is 20.5. The van der Waals surface area contributed by atoms with Crippen LogP contribution in [0.3, 0.4) is 0 Å². The molecule has 0 saturated carbocycles. The molecule has 0 bridgehead atoms. The number of benzene rings is 4. The fourth-order valence-electron chi connectivity index (χ4n) is 3.68. The standard InChI is InChI=1S/C29H14F10O2/c1-2-40-16-4-6-18(20(30)11-16)15-9-23(33)27(24(34)10-15)29(38,39)41-17-12-21(31)19(22(32)13-17)5-3-14-7-25(35)28(37)26(36)8-14/h4,6-13H,2H2,1H3. The Kier molecular flexibility index (Phi) is 8.19. The van der Waals surface area contributed by atoms with Gasteiger partial charge in [-0.1, -0.05) is 11.8 Å². The molecule has 0 N–H and O–H groups in total. The molecule has 0 radical (unpaired) electrons. The molecule has 0 aliphatic carbocycles. The average molecular weight is 584 g/mol. The third-order valence-corrected chi connectivity index (χ3v) is 5.47. The SMILES string of the molecule is CCOc1ccc(-c2cc(F)c(C(F)(F)Oc3cc(F)c(C#Cc4cc(F)c(F)c(F)c4)c(F)c3)c(F)c2)c(F)c1. The van der Waals surface area contributed by atoms with E-state index in [0.29, 0.717) is 24.3 Å². The summed E-state index contributed by atoms with van der Waals surface area (Å²) < 4.78 is 151. The molecule has 0 atom stereocenters. The van der Waals surface area contributed by atoms with Crippen LogP contribution in [-0.4, -0.2) is 6.61 Å². The number of alkyl halides is 2. The summed E-state index contributed by atoms with van der Waals surface area (Å²) in [6.07, 6.45) is -4.81. The molecule has 41 heavy (non-hydrogen) atoms. The van der Waals surface area contributed by atoms with E-state index in [0.717, 1.165) is 12.1 Å². The number of hydrogen-bond acceptors (Lipinski definition) is 2. The van der Waals surface area contributed by atoms with Crippen LogP contribution in [0.25, 0.3) is 11.1 Å². The first kappa shape index (κ1) is 29.3. The van der Waals surface area contributed by atoms with E-state index >= 15 is 0 Å². The van der Waals surface area contributed by atoms with E-state index in [-0.39, 0.29) is 30.1 Å². The van der Waals surface area contributed by atoms with Crippen LogP contribution in [-0.2, 0) is 6.11 Å². The van der Waals surface area contributed by atoms with Gasteiger partial charge in [0.25, 0.3) is 0 Å². The van der Waals surface area contributed by atoms with Gasteiger partial charge in [-0.25, -0.2) is 35.1 Å². The molecule has 4 aromatic carbocycles.